The van der Waals surface area contributed by atoms with Gasteiger partial charge in [-0.3, -0.25) is 9.79 Å². The quantitative estimate of drug-likeness (QED) is 0.401. The van der Waals surface area contributed by atoms with E-state index in [0.29, 0.717) is 31.4 Å². The van der Waals surface area contributed by atoms with E-state index in [1.165, 1.54) is 12.8 Å². The highest BCUT2D eigenvalue weighted by molar-refractivity contribution is 5.80. The first kappa shape index (κ1) is 19.1. The molecule has 1 fully saturated rings. The molecule has 25 heavy (non-hydrogen) atoms. The summed E-state index contributed by atoms with van der Waals surface area (Å²) in [4.78, 5) is 15.9. The van der Waals surface area contributed by atoms with Gasteiger partial charge in [0.2, 0.25) is 5.91 Å². The number of amides is 1. The second-order valence-corrected chi connectivity index (χ2v) is 6.29. The number of nitrogens with one attached hydrogen (secondary N) is 3. The van der Waals surface area contributed by atoms with Crippen LogP contribution in [0.3, 0.4) is 0 Å². The third kappa shape index (κ3) is 6.68. The Balaban J connectivity index is 1.64. The molecule has 0 saturated heterocycles. The largest absolute Gasteiger partial charge is 0.355 e. The van der Waals surface area contributed by atoms with E-state index in [1.54, 1.807) is 7.05 Å². The predicted octanol–water partition coefficient (Wildman–Crippen LogP) is 2.33. The van der Waals surface area contributed by atoms with Gasteiger partial charge in [-0.25, -0.2) is 8.78 Å². The lowest BCUT2D eigenvalue weighted by molar-refractivity contribution is -0.121. The lowest BCUT2D eigenvalue weighted by Crippen LogP contribution is -2.41. The summed E-state index contributed by atoms with van der Waals surface area (Å²) in [5, 5.41) is 8.84. The maximum Gasteiger partial charge on any atom is 0.220 e. The first-order valence-electron chi connectivity index (χ1n) is 8.73. The zero-order chi connectivity index (χ0) is 18.1. The van der Waals surface area contributed by atoms with Crippen molar-refractivity contribution in [3.8, 4) is 0 Å². The average Bonchev–Trinajstić information content (AvgIpc) is 3.10. The minimum atomic E-state index is -0.480. The zero-order valence-corrected chi connectivity index (χ0v) is 14.6. The van der Waals surface area contributed by atoms with Crippen molar-refractivity contribution in [1.29, 1.82) is 0 Å². The minimum Gasteiger partial charge on any atom is -0.355 e. The molecule has 1 aliphatic rings. The number of carbonyl (C=O) groups excluding carboxylic acids is 1. The summed E-state index contributed by atoms with van der Waals surface area (Å²) in [6, 6.07) is 3.33. The van der Waals surface area contributed by atoms with Crippen molar-refractivity contribution >= 4 is 11.9 Å². The summed E-state index contributed by atoms with van der Waals surface area (Å²) in [5.41, 5.74) is 0.229. The molecule has 1 aromatic carbocycles. The van der Waals surface area contributed by atoms with E-state index in [2.05, 4.69) is 20.9 Å². The Bertz CT molecular complexity index is 601. The first-order chi connectivity index (χ1) is 12.1. The summed E-state index contributed by atoms with van der Waals surface area (Å²) in [5.74, 6) is 0.130. The molecule has 138 valence electrons. The Morgan fingerprint density at radius 2 is 1.88 bits per heavy atom. The highest BCUT2D eigenvalue weighted by atomic mass is 19.1. The van der Waals surface area contributed by atoms with Gasteiger partial charge >= 0.3 is 0 Å². The predicted molar refractivity (Wildman–Crippen MR) is 94.1 cm³/mol. The molecule has 0 radical (unpaired) electrons. The van der Waals surface area contributed by atoms with Gasteiger partial charge in [-0.15, -0.1) is 0 Å². The maximum atomic E-state index is 13.6. The number of benzene rings is 1. The van der Waals surface area contributed by atoms with Crippen molar-refractivity contribution in [2.24, 2.45) is 10.9 Å². The molecule has 5 nitrogen and oxygen atoms in total. The monoisotopic (exact) mass is 352 g/mol. The molecule has 2 rings (SSSR count). The molecule has 1 aliphatic carbocycles. The van der Waals surface area contributed by atoms with Crippen LogP contribution < -0.4 is 16.0 Å². The molecule has 0 unspecified atom stereocenters. The highest BCUT2D eigenvalue weighted by Crippen LogP contribution is 2.27. The Labute approximate surface area is 147 Å². The van der Waals surface area contributed by atoms with E-state index >= 15 is 0 Å². The summed E-state index contributed by atoms with van der Waals surface area (Å²) in [6.07, 6.45) is 5.37. The Morgan fingerprint density at radius 3 is 2.60 bits per heavy atom. The minimum absolute atomic E-state index is 0.0819. The molecule has 1 aromatic rings. The Morgan fingerprint density at radius 1 is 1.16 bits per heavy atom. The maximum absolute atomic E-state index is 13.6. The van der Waals surface area contributed by atoms with Gasteiger partial charge in [0.05, 0.1) is 0 Å². The van der Waals surface area contributed by atoms with Crippen LogP contribution >= 0.6 is 0 Å². The van der Waals surface area contributed by atoms with Gasteiger partial charge < -0.3 is 16.0 Å². The summed E-state index contributed by atoms with van der Waals surface area (Å²) < 4.78 is 26.7. The Kier molecular flexibility index (Phi) is 7.63. The molecule has 0 heterocycles. The van der Waals surface area contributed by atoms with Crippen LogP contribution in [0, 0.1) is 17.6 Å². The molecule has 3 N–H and O–H groups in total. The van der Waals surface area contributed by atoms with Crippen LogP contribution in [0.25, 0.3) is 0 Å². The second-order valence-electron chi connectivity index (χ2n) is 6.29. The smallest absolute Gasteiger partial charge is 0.220 e. The van der Waals surface area contributed by atoms with E-state index in [9.17, 15) is 13.6 Å². The first-order valence-corrected chi connectivity index (χ1v) is 8.73. The van der Waals surface area contributed by atoms with Gasteiger partial charge in [0.25, 0.3) is 0 Å². The number of carbonyl (C=O) groups is 1. The molecule has 0 atom stereocenters. The summed E-state index contributed by atoms with van der Waals surface area (Å²) in [6.45, 7) is 1.11. The summed E-state index contributed by atoms with van der Waals surface area (Å²) in [7, 11) is 1.59. The standard InChI is InChI=1S/C18H26F2N4O/c1-21-18(24-12-14-11-15(19)6-7-16(14)20)23-9-8-22-17(25)10-13-4-2-3-5-13/h6-7,11,13H,2-5,8-10,12H2,1H3,(H,22,25)(H2,21,23,24). The van der Waals surface area contributed by atoms with Crippen LogP contribution in [-0.2, 0) is 11.3 Å². The molecular formula is C18H26F2N4O. The molecule has 0 bridgehead atoms. The molecule has 1 amide bonds. The van der Waals surface area contributed by atoms with Gasteiger partial charge in [0.15, 0.2) is 5.96 Å². The topological polar surface area (TPSA) is 65.5 Å². The third-order valence-electron chi connectivity index (χ3n) is 4.37. The SMILES string of the molecule is CN=C(NCCNC(=O)CC1CCCC1)NCc1cc(F)ccc1F. The van der Waals surface area contributed by atoms with E-state index < -0.39 is 11.6 Å². The van der Waals surface area contributed by atoms with E-state index in [1.807, 2.05) is 0 Å². The van der Waals surface area contributed by atoms with Crippen LogP contribution in [0.5, 0.6) is 0 Å². The van der Waals surface area contributed by atoms with Crippen LogP contribution in [0.4, 0.5) is 8.78 Å². The summed E-state index contributed by atoms with van der Waals surface area (Å²) >= 11 is 0. The van der Waals surface area contributed by atoms with E-state index in [0.717, 1.165) is 31.0 Å². The van der Waals surface area contributed by atoms with Gasteiger partial charge in [-0.05, 0) is 37.0 Å². The normalized spacial score (nSPS) is 15.2. The van der Waals surface area contributed by atoms with E-state index in [4.69, 9.17) is 0 Å². The number of hydrogen-bond acceptors (Lipinski definition) is 2. The third-order valence-corrected chi connectivity index (χ3v) is 4.37. The molecule has 0 aliphatic heterocycles. The van der Waals surface area contributed by atoms with Crippen molar-refractivity contribution in [3.05, 3.63) is 35.4 Å². The van der Waals surface area contributed by atoms with Gasteiger partial charge in [-0.2, -0.15) is 0 Å². The van der Waals surface area contributed by atoms with Crippen LogP contribution in [0.2, 0.25) is 0 Å². The van der Waals surface area contributed by atoms with Crippen molar-refractivity contribution in [2.75, 3.05) is 20.1 Å². The lowest BCUT2D eigenvalue weighted by Gasteiger charge is -2.13. The molecule has 0 spiro atoms. The van der Waals surface area contributed by atoms with Crippen LogP contribution in [0.15, 0.2) is 23.2 Å². The van der Waals surface area contributed by atoms with Crippen LogP contribution in [-0.4, -0.2) is 32.0 Å². The van der Waals surface area contributed by atoms with Crippen LogP contribution in [0.1, 0.15) is 37.7 Å². The van der Waals surface area contributed by atoms with E-state index in [-0.39, 0.29) is 18.0 Å². The molecule has 0 aromatic heterocycles. The zero-order valence-electron chi connectivity index (χ0n) is 14.6. The number of hydrogen-bond donors (Lipinski definition) is 3. The van der Waals surface area contributed by atoms with Crippen molar-refractivity contribution in [1.82, 2.24) is 16.0 Å². The van der Waals surface area contributed by atoms with Crippen molar-refractivity contribution < 1.29 is 13.6 Å². The molecule has 7 heteroatoms. The molecular weight excluding hydrogens is 326 g/mol. The van der Waals surface area contributed by atoms with Gasteiger partial charge in [-0.1, -0.05) is 12.8 Å². The van der Waals surface area contributed by atoms with Crippen molar-refractivity contribution in [3.63, 3.8) is 0 Å². The lowest BCUT2D eigenvalue weighted by atomic mass is 10.0. The van der Waals surface area contributed by atoms with Gasteiger partial charge in [0.1, 0.15) is 11.6 Å². The number of nitrogens with zero attached hydrogens (tertiary/aromatic N) is 1. The Hall–Kier alpha value is -2.18. The number of rotatable bonds is 7. The average molecular weight is 352 g/mol. The second kappa shape index (κ2) is 9.96. The number of guanidine groups is 1. The fourth-order valence-corrected chi connectivity index (χ4v) is 3.01. The fraction of sp³-hybridized carbons (Fsp3) is 0.556. The number of halogens is 2. The van der Waals surface area contributed by atoms with Gasteiger partial charge in [0, 0.05) is 38.7 Å². The molecule has 1 saturated carbocycles. The van der Waals surface area contributed by atoms with Crippen molar-refractivity contribution in [2.45, 2.75) is 38.6 Å². The number of aliphatic imine (C=N–C) groups is 1. The highest BCUT2D eigenvalue weighted by Gasteiger charge is 2.17. The fourth-order valence-electron chi connectivity index (χ4n) is 3.01.